The van der Waals surface area contributed by atoms with Crippen molar-refractivity contribution in [3.05, 3.63) is 50.8 Å². The van der Waals surface area contributed by atoms with Crippen molar-refractivity contribution in [2.45, 2.75) is 25.4 Å². The van der Waals surface area contributed by atoms with E-state index in [2.05, 4.69) is 37.7 Å². The first-order valence-corrected chi connectivity index (χ1v) is 8.18. The third kappa shape index (κ3) is 3.80. The van der Waals surface area contributed by atoms with Crippen molar-refractivity contribution in [1.82, 2.24) is 20.2 Å². The second-order valence-corrected chi connectivity index (χ2v) is 6.47. The first-order valence-electron chi connectivity index (χ1n) is 7.30. The molecule has 6 nitrogen and oxygen atoms in total. The lowest BCUT2D eigenvalue weighted by atomic mass is 10.1. The van der Waals surface area contributed by atoms with E-state index in [4.69, 9.17) is 0 Å². The van der Waals surface area contributed by atoms with Crippen LogP contribution in [0.25, 0.3) is 0 Å². The molecule has 1 aliphatic heterocycles. The molecular weight excluding hydrogens is 300 g/mol. The van der Waals surface area contributed by atoms with Crippen LogP contribution >= 0.6 is 11.3 Å². The molecule has 0 radical (unpaired) electrons. The minimum Gasteiger partial charge on any atom is -0.347 e. The number of carbonyl (C=O) groups excluding carboxylic acids is 1. The Morgan fingerprint density at radius 2 is 2.41 bits per heavy atom. The van der Waals surface area contributed by atoms with Crippen molar-refractivity contribution in [2.75, 3.05) is 13.1 Å². The van der Waals surface area contributed by atoms with Gasteiger partial charge >= 0.3 is 0 Å². The lowest BCUT2D eigenvalue weighted by Crippen LogP contribution is -2.47. The maximum Gasteiger partial charge on any atom is 0.269 e. The molecule has 0 aliphatic carbocycles. The first kappa shape index (κ1) is 14.9. The average Bonchev–Trinajstić information content (AvgIpc) is 3.00. The van der Waals surface area contributed by atoms with Gasteiger partial charge in [-0.15, -0.1) is 11.3 Å². The van der Waals surface area contributed by atoms with Crippen LogP contribution in [-0.4, -0.2) is 39.9 Å². The molecule has 2 aromatic heterocycles. The molecule has 22 heavy (non-hydrogen) atoms. The molecule has 0 bridgehead atoms. The standard InChI is InChI=1S/C15H18N4O2S/c20-14-8-16-7-13(18-14)15(21)17-11-3-1-5-19(9-11)10-12-4-2-6-22-12/h2,4,6-8,11H,1,3,5,9-10H2,(H,17,21)(H,18,20)/t11-/m1/s1. The fourth-order valence-electron chi connectivity index (χ4n) is 2.70. The summed E-state index contributed by atoms with van der Waals surface area (Å²) in [7, 11) is 0. The fourth-order valence-corrected chi connectivity index (χ4v) is 3.44. The van der Waals surface area contributed by atoms with Crippen molar-refractivity contribution in [3.63, 3.8) is 0 Å². The summed E-state index contributed by atoms with van der Waals surface area (Å²) in [6.45, 7) is 2.80. The number of nitrogens with zero attached hydrogens (tertiary/aromatic N) is 2. The molecule has 7 heteroatoms. The maximum atomic E-state index is 12.2. The summed E-state index contributed by atoms with van der Waals surface area (Å²) in [6, 6.07) is 4.29. The summed E-state index contributed by atoms with van der Waals surface area (Å²) in [5.41, 5.74) is -0.154. The van der Waals surface area contributed by atoms with Crippen LogP contribution in [-0.2, 0) is 6.54 Å². The smallest absolute Gasteiger partial charge is 0.269 e. The number of rotatable bonds is 4. The van der Waals surface area contributed by atoms with Gasteiger partial charge in [0.25, 0.3) is 11.5 Å². The third-order valence-corrected chi connectivity index (χ3v) is 4.56. The Morgan fingerprint density at radius 1 is 1.50 bits per heavy atom. The summed E-state index contributed by atoms with van der Waals surface area (Å²) >= 11 is 1.75. The lowest BCUT2D eigenvalue weighted by molar-refractivity contribution is 0.0895. The third-order valence-electron chi connectivity index (χ3n) is 3.70. The molecule has 3 rings (SSSR count). The first-order chi connectivity index (χ1) is 10.7. The van der Waals surface area contributed by atoms with E-state index < -0.39 is 0 Å². The molecule has 3 heterocycles. The molecule has 116 valence electrons. The lowest BCUT2D eigenvalue weighted by Gasteiger charge is -2.32. The molecule has 2 N–H and O–H groups in total. The molecule has 0 saturated carbocycles. The van der Waals surface area contributed by atoms with Crippen LogP contribution < -0.4 is 10.9 Å². The van der Waals surface area contributed by atoms with Crippen LogP contribution in [0.4, 0.5) is 0 Å². The molecule has 0 spiro atoms. The number of thiophene rings is 1. The summed E-state index contributed by atoms with van der Waals surface area (Å²) in [5.74, 6) is -0.270. The van der Waals surface area contributed by atoms with E-state index in [-0.39, 0.29) is 23.2 Å². The van der Waals surface area contributed by atoms with Gasteiger partial charge in [-0.25, -0.2) is 0 Å². The van der Waals surface area contributed by atoms with Gasteiger partial charge in [0, 0.05) is 24.0 Å². The molecule has 1 fully saturated rings. The van der Waals surface area contributed by atoms with Gasteiger partial charge < -0.3 is 10.3 Å². The van der Waals surface area contributed by atoms with E-state index >= 15 is 0 Å². The van der Waals surface area contributed by atoms with Crippen LogP contribution in [0.3, 0.4) is 0 Å². The predicted octanol–water partition coefficient (Wildman–Crippen LogP) is 1.23. The Balaban J connectivity index is 1.58. The summed E-state index contributed by atoms with van der Waals surface area (Å²) in [6.07, 6.45) is 4.54. The van der Waals surface area contributed by atoms with E-state index in [1.165, 1.54) is 11.1 Å². The topological polar surface area (TPSA) is 78.1 Å². The van der Waals surface area contributed by atoms with Crippen LogP contribution in [0.15, 0.2) is 34.7 Å². The Kier molecular flexibility index (Phi) is 4.65. The largest absolute Gasteiger partial charge is 0.347 e. The Morgan fingerprint density at radius 3 is 3.18 bits per heavy atom. The summed E-state index contributed by atoms with van der Waals surface area (Å²) < 4.78 is 0. The van der Waals surface area contributed by atoms with Crippen molar-refractivity contribution in [1.29, 1.82) is 0 Å². The predicted molar refractivity (Wildman–Crippen MR) is 84.9 cm³/mol. The molecule has 1 atom stereocenters. The minimum absolute atomic E-state index is 0.102. The molecular formula is C15H18N4O2S. The summed E-state index contributed by atoms with van der Waals surface area (Å²) in [4.78, 5) is 33.3. The van der Waals surface area contributed by atoms with Crippen LogP contribution in [0.1, 0.15) is 28.2 Å². The summed E-state index contributed by atoms with van der Waals surface area (Å²) in [5, 5.41) is 5.07. The van der Waals surface area contributed by atoms with Crippen LogP contribution in [0.2, 0.25) is 0 Å². The normalized spacial score (nSPS) is 19.0. The number of hydrogen-bond acceptors (Lipinski definition) is 5. The highest BCUT2D eigenvalue weighted by molar-refractivity contribution is 7.09. The van der Waals surface area contributed by atoms with Crippen molar-refractivity contribution in [2.24, 2.45) is 0 Å². The van der Waals surface area contributed by atoms with Gasteiger partial charge in [0.2, 0.25) is 0 Å². The fraction of sp³-hybridized carbons (Fsp3) is 0.400. The average molecular weight is 318 g/mol. The minimum atomic E-state index is -0.365. The van der Waals surface area contributed by atoms with Crippen molar-refractivity contribution >= 4 is 17.2 Å². The van der Waals surface area contributed by atoms with E-state index in [0.29, 0.717) is 0 Å². The zero-order valence-electron chi connectivity index (χ0n) is 12.1. The highest BCUT2D eigenvalue weighted by Crippen LogP contribution is 2.17. The molecule has 1 amide bonds. The van der Waals surface area contributed by atoms with E-state index in [1.54, 1.807) is 11.3 Å². The van der Waals surface area contributed by atoms with Gasteiger partial charge in [-0.3, -0.25) is 19.5 Å². The Bertz CT molecular complexity index is 683. The van der Waals surface area contributed by atoms with Crippen LogP contribution in [0.5, 0.6) is 0 Å². The molecule has 0 aromatic carbocycles. The van der Waals surface area contributed by atoms with Crippen LogP contribution in [0, 0.1) is 0 Å². The second kappa shape index (κ2) is 6.85. The number of piperidine rings is 1. The van der Waals surface area contributed by atoms with Gasteiger partial charge in [-0.1, -0.05) is 6.07 Å². The second-order valence-electron chi connectivity index (χ2n) is 5.44. The number of likely N-dealkylation sites (tertiary alicyclic amines) is 1. The van der Waals surface area contributed by atoms with Gasteiger partial charge in [0.1, 0.15) is 5.69 Å². The van der Waals surface area contributed by atoms with Crippen molar-refractivity contribution in [3.8, 4) is 0 Å². The van der Waals surface area contributed by atoms with Gasteiger partial charge in [0.15, 0.2) is 0 Å². The zero-order valence-corrected chi connectivity index (χ0v) is 12.9. The molecule has 2 aromatic rings. The number of carbonyl (C=O) groups is 1. The Hall–Kier alpha value is -1.99. The quantitative estimate of drug-likeness (QED) is 0.889. The number of H-pyrrole nitrogens is 1. The maximum absolute atomic E-state index is 12.2. The number of aromatic nitrogens is 2. The van der Waals surface area contributed by atoms with Gasteiger partial charge in [0.05, 0.1) is 12.4 Å². The highest BCUT2D eigenvalue weighted by atomic mass is 32.1. The highest BCUT2D eigenvalue weighted by Gasteiger charge is 2.22. The van der Waals surface area contributed by atoms with E-state index in [0.717, 1.165) is 38.7 Å². The van der Waals surface area contributed by atoms with Gasteiger partial charge in [-0.2, -0.15) is 0 Å². The zero-order chi connectivity index (χ0) is 15.4. The SMILES string of the molecule is O=C(N[C@@H]1CCCN(Cc2cccs2)C1)c1cncc(=O)[nH]1. The monoisotopic (exact) mass is 318 g/mol. The molecule has 1 saturated heterocycles. The number of nitrogens with one attached hydrogen (secondary N) is 2. The number of aromatic amines is 1. The van der Waals surface area contributed by atoms with Crippen molar-refractivity contribution < 1.29 is 4.79 Å². The van der Waals surface area contributed by atoms with Gasteiger partial charge in [-0.05, 0) is 30.8 Å². The number of amides is 1. The van der Waals surface area contributed by atoms with E-state index in [1.807, 2.05) is 0 Å². The molecule has 0 unspecified atom stereocenters. The van der Waals surface area contributed by atoms with E-state index in [9.17, 15) is 9.59 Å². The number of hydrogen-bond donors (Lipinski definition) is 2. The molecule has 1 aliphatic rings. The Labute approximate surface area is 132 Å².